The van der Waals surface area contributed by atoms with Crippen molar-refractivity contribution in [3.63, 3.8) is 0 Å². The van der Waals surface area contributed by atoms with Gasteiger partial charge in [-0.25, -0.2) is 9.78 Å². The first-order valence-corrected chi connectivity index (χ1v) is 9.70. The smallest absolute Gasteiger partial charge is 0.341 e. The summed E-state index contributed by atoms with van der Waals surface area (Å²) in [7, 11) is 1.27. The van der Waals surface area contributed by atoms with Crippen LogP contribution in [0.15, 0.2) is 46.9 Å². The molecule has 0 aliphatic heterocycles. The first kappa shape index (κ1) is 21.0. The molecule has 0 fully saturated rings. The minimum atomic E-state index is -0.567. The van der Waals surface area contributed by atoms with E-state index in [1.165, 1.54) is 36.7 Å². The zero-order valence-electron chi connectivity index (χ0n) is 16.5. The molecule has 30 heavy (non-hydrogen) atoms. The van der Waals surface area contributed by atoms with Crippen LogP contribution in [0, 0.1) is 13.8 Å². The predicted octanol–water partition coefficient (Wildman–Crippen LogP) is 3.28. The molecule has 2 amide bonds. The van der Waals surface area contributed by atoms with Crippen LogP contribution in [0.3, 0.4) is 0 Å². The van der Waals surface area contributed by atoms with Gasteiger partial charge in [-0.3, -0.25) is 20.4 Å². The Kier molecular flexibility index (Phi) is 6.43. The lowest BCUT2D eigenvalue weighted by Crippen LogP contribution is -2.40. The number of hydrogen-bond acceptors (Lipinski definition) is 7. The third-order valence-electron chi connectivity index (χ3n) is 4.06. The maximum atomic E-state index is 12.4. The van der Waals surface area contributed by atoms with Gasteiger partial charge in [0.25, 0.3) is 11.8 Å². The number of ether oxygens (including phenoxy) is 1. The number of hydrogen-bond donors (Lipinski definition) is 2. The summed E-state index contributed by atoms with van der Waals surface area (Å²) in [5, 5.41) is 0.721. The zero-order chi connectivity index (χ0) is 21.7. The number of hydrazine groups is 1. The second-order valence-electron chi connectivity index (χ2n) is 6.19. The number of nitrogens with zero attached hydrogens (tertiary/aromatic N) is 1. The second-order valence-corrected chi connectivity index (χ2v) is 7.19. The van der Waals surface area contributed by atoms with Crippen LogP contribution in [0.5, 0.6) is 0 Å². The molecule has 3 rings (SSSR count). The number of nitrogens with one attached hydrogen (secondary N) is 2. The van der Waals surface area contributed by atoms with Gasteiger partial charge in [-0.15, -0.1) is 11.3 Å². The Morgan fingerprint density at radius 3 is 2.57 bits per heavy atom. The van der Waals surface area contributed by atoms with E-state index in [4.69, 9.17) is 4.42 Å². The molecular formula is C21H19N3O5S. The molecule has 0 aliphatic carbocycles. The number of thiazole rings is 1. The van der Waals surface area contributed by atoms with Crippen LogP contribution < -0.4 is 10.9 Å². The van der Waals surface area contributed by atoms with Crippen molar-refractivity contribution in [2.45, 2.75) is 13.8 Å². The summed E-state index contributed by atoms with van der Waals surface area (Å²) >= 11 is 1.24. The number of furan rings is 1. The lowest BCUT2D eigenvalue weighted by Gasteiger charge is -2.03. The Morgan fingerprint density at radius 1 is 1.13 bits per heavy atom. The summed E-state index contributed by atoms with van der Waals surface area (Å²) in [6.45, 7) is 3.35. The largest absolute Gasteiger partial charge is 0.465 e. The van der Waals surface area contributed by atoms with E-state index in [1.807, 2.05) is 30.3 Å². The molecule has 3 aromatic rings. The highest BCUT2D eigenvalue weighted by Crippen LogP contribution is 2.27. The average Bonchev–Trinajstić information content (AvgIpc) is 3.33. The Labute approximate surface area is 176 Å². The molecule has 2 aromatic heterocycles. The van der Waals surface area contributed by atoms with Crippen molar-refractivity contribution in [3.8, 4) is 10.6 Å². The van der Waals surface area contributed by atoms with E-state index in [0.29, 0.717) is 22.1 Å². The minimum absolute atomic E-state index is 0.278. The van der Waals surface area contributed by atoms with E-state index in [2.05, 4.69) is 20.6 Å². The molecule has 0 aliphatic rings. The highest BCUT2D eigenvalue weighted by molar-refractivity contribution is 7.17. The molecule has 0 saturated carbocycles. The van der Waals surface area contributed by atoms with Crippen molar-refractivity contribution in [1.29, 1.82) is 0 Å². The molecule has 9 heteroatoms. The summed E-state index contributed by atoms with van der Waals surface area (Å²) < 4.78 is 10.0. The lowest BCUT2D eigenvalue weighted by atomic mass is 10.2. The number of esters is 1. The number of benzene rings is 1. The van der Waals surface area contributed by atoms with Gasteiger partial charge in [-0.2, -0.15) is 0 Å². The third kappa shape index (κ3) is 4.81. The SMILES string of the molecule is COC(=O)c1cc(/C=C/C(=O)NNC(=O)c2sc(-c3ccccc3)nc2C)oc1C. The molecular weight excluding hydrogens is 406 g/mol. The molecule has 0 atom stereocenters. The predicted molar refractivity (Wildman–Crippen MR) is 112 cm³/mol. The summed E-state index contributed by atoms with van der Waals surface area (Å²) in [6.07, 6.45) is 2.56. The Morgan fingerprint density at radius 2 is 1.87 bits per heavy atom. The topological polar surface area (TPSA) is 111 Å². The van der Waals surface area contributed by atoms with E-state index >= 15 is 0 Å². The van der Waals surface area contributed by atoms with Crippen molar-refractivity contribution in [1.82, 2.24) is 15.8 Å². The standard InChI is InChI=1S/C21H19N3O5S/c1-12-18(30-20(22-12)14-7-5-4-6-8-14)19(26)24-23-17(25)10-9-15-11-16(13(2)29-15)21(27)28-3/h4-11H,1-3H3,(H,23,25)(H,24,26)/b10-9+. The van der Waals surface area contributed by atoms with Gasteiger partial charge in [-0.1, -0.05) is 30.3 Å². The maximum Gasteiger partial charge on any atom is 0.341 e. The summed E-state index contributed by atoms with van der Waals surface area (Å²) in [4.78, 5) is 40.8. The van der Waals surface area contributed by atoms with E-state index in [9.17, 15) is 14.4 Å². The fraction of sp³-hybridized carbons (Fsp3) is 0.143. The third-order valence-corrected chi connectivity index (χ3v) is 5.27. The number of aryl methyl sites for hydroxylation is 2. The molecule has 0 bridgehead atoms. The molecule has 0 unspecified atom stereocenters. The van der Waals surface area contributed by atoms with Crippen molar-refractivity contribution >= 4 is 35.2 Å². The number of methoxy groups -OCH3 is 1. The number of carbonyl (C=O) groups is 3. The van der Waals surface area contributed by atoms with Gasteiger partial charge in [0.05, 0.1) is 12.8 Å². The molecule has 154 valence electrons. The van der Waals surface area contributed by atoms with E-state index in [0.717, 1.165) is 10.6 Å². The van der Waals surface area contributed by atoms with Gasteiger partial charge < -0.3 is 9.15 Å². The molecule has 2 N–H and O–H groups in total. The van der Waals surface area contributed by atoms with Crippen LogP contribution >= 0.6 is 11.3 Å². The van der Waals surface area contributed by atoms with Crippen LogP contribution in [0.1, 0.15) is 37.2 Å². The molecule has 1 aromatic carbocycles. The molecule has 0 spiro atoms. The number of rotatable bonds is 5. The maximum absolute atomic E-state index is 12.4. The van der Waals surface area contributed by atoms with Gasteiger partial charge in [0, 0.05) is 11.6 Å². The van der Waals surface area contributed by atoms with Crippen molar-refractivity contribution in [2.24, 2.45) is 0 Å². The van der Waals surface area contributed by atoms with Gasteiger partial charge in [-0.05, 0) is 26.0 Å². The Balaban J connectivity index is 1.60. The molecule has 0 saturated heterocycles. The van der Waals surface area contributed by atoms with Gasteiger partial charge in [0.2, 0.25) is 0 Å². The van der Waals surface area contributed by atoms with Crippen LogP contribution in [-0.4, -0.2) is 29.9 Å². The molecule has 2 heterocycles. The Bertz CT molecular complexity index is 1120. The van der Waals surface area contributed by atoms with Crippen LogP contribution in [0.2, 0.25) is 0 Å². The van der Waals surface area contributed by atoms with Crippen molar-refractivity contribution in [2.75, 3.05) is 7.11 Å². The number of aromatic nitrogens is 1. The second kappa shape index (κ2) is 9.19. The zero-order valence-corrected chi connectivity index (χ0v) is 17.3. The van der Waals surface area contributed by atoms with Gasteiger partial charge in [0.15, 0.2) is 0 Å². The Hall–Kier alpha value is -3.72. The fourth-order valence-electron chi connectivity index (χ4n) is 2.59. The van der Waals surface area contributed by atoms with Gasteiger partial charge in [0.1, 0.15) is 27.0 Å². The highest BCUT2D eigenvalue weighted by atomic mass is 32.1. The lowest BCUT2D eigenvalue weighted by molar-refractivity contribution is -0.117. The van der Waals surface area contributed by atoms with Crippen LogP contribution in [0.4, 0.5) is 0 Å². The highest BCUT2D eigenvalue weighted by Gasteiger charge is 2.17. The summed E-state index contributed by atoms with van der Waals surface area (Å²) in [5.41, 5.74) is 6.43. The number of amides is 2. The van der Waals surface area contributed by atoms with Crippen LogP contribution in [-0.2, 0) is 9.53 Å². The summed E-state index contributed by atoms with van der Waals surface area (Å²) in [5.74, 6) is -0.870. The first-order chi connectivity index (χ1) is 14.4. The first-order valence-electron chi connectivity index (χ1n) is 8.89. The van der Waals surface area contributed by atoms with Crippen molar-refractivity contribution in [3.05, 3.63) is 70.1 Å². The normalized spacial score (nSPS) is 10.8. The minimum Gasteiger partial charge on any atom is -0.465 e. The van der Waals surface area contributed by atoms with Gasteiger partial charge >= 0.3 is 5.97 Å². The monoisotopic (exact) mass is 425 g/mol. The van der Waals surface area contributed by atoms with E-state index in [-0.39, 0.29) is 5.56 Å². The number of carbonyl (C=O) groups excluding carboxylic acids is 3. The molecule has 8 nitrogen and oxygen atoms in total. The van der Waals surface area contributed by atoms with Crippen LogP contribution in [0.25, 0.3) is 16.6 Å². The fourth-order valence-corrected chi connectivity index (χ4v) is 3.55. The quantitative estimate of drug-likeness (QED) is 0.369. The van der Waals surface area contributed by atoms with E-state index in [1.54, 1.807) is 13.8 Å². The summed E-state index contributed by atoms with van der Waals surface area (Å²) in [6, 6.07) is 11.0. The average molecular weight is 425 g/mol. The van der Waals surface area contributed by atoms with E-state index < -0.39 is 17.8 Å². The molecule has 0 radical (unpaired) electrons. The van der Waals surface area contributed by atoms with Crippen molar-refractivity contribution < 1.29 is 23.5 Å².